The predicted octanol–water partition coefficient (Wildman–Crippen LogP) is 3.42. The monoisotopic (exact) mass is 382 g/mol. The van der Waals surface area contributed by atoms with Gasteiger partial charge in [-0.15, -0.1) is 0 Å². The summed E-state index contributed by atoms with van der Waals surface area (Å²) in [5.41, 5.74) is 2.18. The van der Waals surface area contributed by atoms with Crippen LogP contribution in [0.1, 0.15) is 30.3 Å². The van der Waals surface area contributed by atoms with Crippen molar-refractivity contribution < 1.29 is 9.18 Å². The molecule has 1 atom stereocenters. The third-order valence-corrected chi connectivity index (χ3v) is 5.74. The van der Waals surface area contributed by atoms with Crippen LogP contribution in [0.15, 0.2) is 42.6 Å². The predicted molar refractivity (Wildman–Crippen MR) is 109 cm³/mol. The molecule has 2 aliphatic rings. The van der Waals surface area contributed by atoms with Crippen LogP contribution in [-0.2, 0) is 0 Å². The molecule has 0 radical (unpaired) electrons. The van der Waals surface area contributed by atoms with E-state index in [2.05, 4.69) is 16.8 Å². The minimum absolute atomic E-state index is 0.0416. The number of aromatic nitrogens is 1. The molecule has 28 heavy (non-hydrogen) atoms. The fourth-order valence-corrected chi connectivity index (χ4v) is 4.18. The van der Waals surface area contributed by atoms with E-state index in [0.717, 1.165) is 18.8 Å². The maximum Gasteiger partial charge on any atom is 0.272 e. The Balaban J connectivity index is 1.41. The fraction of sp³-hybridized carbons (Fsp3) is 0.455. The molecule has 0 N–H and O–H groups in total. The summed E-state index contributed by atoms with van der Waals surface area (Å²) in [7, 11) is 0. The van der Waals surface area contributed by atoms with E-state index in [1.54, 1.807) is 18.3 Å². The Bertz CT molecular complexity index is 835. The van der Waals surface area contributed by atoms with Crippen molar-refractivity contribution in [1.29, 1.82) is 0 Å². The first-order valence-corrected chi connectivity index (χ1v) is 10.1. The highest BCUT2D eigenvalue weighted by molar-refractivity contribution is 5.93. The lowest BCUT2D eigenvalue weighted by Gasteiger charge is -2.36. The van der Waals surface area contributed by atoms with Gasteiger partial charge in [-0.3, -0.25) is 9.78 Å². The van der Waals surface area contributed by atoms with Crippen molar-refractivity contribution in [3.8, 4) is 0 Å². The van der Waals surface area contributed by atoms with E-state index in [9.17, 15) is 9.18 Å². The molecule has 0 bridgehead atoms. The summed E-state index contributed by atoms with van der Waals surface area (Å²) in [5, 5.41) is 0. The molecule has 148 valence electrons. The summed E-state index contributed by atoms with van der Waals surface area (Å²) in [6, 6.07) is 10.7. The Labute approximate surface area is 165 Å². The number of piperazine rings is 1. The number of anilines is 2. The average molecular weight is 382 g/mol. The molecule has 1 aromatic heterocycles. The Hall–Kier alpha value is -2.63. The first kappa shape index (κ1) is 18.7. The van der Waals surface area contributed by atoms with E-state index < -0.39 is 0 Å². The Kier molecular flexibility index (Phi) is 5.46. The molecule has 2 saturated heterocycles. The topological polar surface area (TPSA) is 39.7 Å². The third kappa shape index (κ3) is 3.96. The van der Waals surface area contributed by atoms with Crippen molar-refractivity contribution in [2.45, 2.75) is 19.8 Å². The third-order valence-electron chi connectivity index (χ3n) is 5.74. The van der Waals surface area contributed by atoms with Crippen LogP contribution in [0.25, 0.3) is 0 Å². The van der Waals surface area contributed by atoms with Gasteiger partial charge in [-0.05, 0) is 43.0 Å². The standard InChI is InChI=1S/C22H27FN4O/c1-17-5-4-10-27(16-17)18-8-9-24-20(15-18)22(28)26-13-11-25(12-14-26)21-7-3-2-6-19(21)23/h2-3,6-9,15,17H,4-5,10-14,16H2,1H3. The zero-order chi connectivity index (χ0) is 19.5. The van der Waals surface area contributed by atoms with Crippen molar-refractivity contribution in [2.24, 2.45) is 5.92 Å². The smallest absolute Gasteiger partial charge is 0.272 e. The van der Waals surface area contributed by atoms with Crippen LogP contribution >= 0.6 is 0 Å². The number of pyridine rings is 1. The highest BCUT2D eigenvalue weighted by atomic mass is 19.1. The number of carbonyl (C=O) groups is 1. The van der Waals surface area contributed by atoms with Gasteiger partial charge in [0.2, 0.25) is 0 Å². The van der Waals surface area contributed by atoms with E-state index in [0.29, 0.717) is 43.5 Å². The minimum Gasteiger partial charge on any atom is -0.371 e. The Morgan fingerprint density at radius 2 is 1.86 bits per heavy atom. The highest BCUT2D eigenvalue weighted by Crippen LogP contribution is 2.24. The number of carbonyl (C=O) groups excluding carboxylic acids is 1. The van der Waals surface area contributed by atoms with Crippen molar-refractivity contribution in [1.82, 2.24) is 9.88 Å². The molecular weight excluding hydrogens is 355 g/mol. The summed E-state index contributed by atoms with van der Waals surface area (Å²) >= 11 is 0. The van der Waals surface area contributed by atoms with Crippen LogP contribution in [0.4, 0.5) is 15.8 Å². The van der Waals surface area contributed by atoms with Gasteiger partial charge in [0, 0.05) is 51.2 Å². The lowest BCUT2D eigenvalue weighted by molar-refractivity contribution is 0.0741. The number of amides is 1. The number of hydrogen-bond donors (Lipinski definition) is 0. The molecule has 1 amide bonds. The summed E-state index contributed by atoms with van der Waals surface area (Å²) in [4.78, 5) is 23.5. The second kappa shape index (κ2) is 8.17. The second-order valence-electron chi connectivity index (χ2n) is 7.82. The summed E-state index contributed by atoms with van der Waals surface area (Å²) in [6.07, 6.45) is 4.18. The summed E-state index contributed by atoms with van der Waals surface area (Å²) in [6.45, 7) is 6.71. The minimum atomic E-state index is -0.215. The van der Waals surface area contributed by atoms with Crippen molar-refractivity contribution in [3.05, 3.63) is 54.1 Å². The van der Waals surface area contributed by atoms with E-state index in [1.165, 1.54) is 18.9 Å². The van der Waals surface area contributed by atoms with E-state index in [1.807, 2.05) is 28.0 Å². The maximum atomic E-state index is 14.0. The lowest BCUT2D eigenvalue weighted by Crippen LogP contribution is -2.49. The maximum absolute atomic E-state index is 14.0. The molecule has 2 aliphatic heterocycles. The van der Waals surface area contributed by atoms with Gasteiger partial charge in [0.25, 0.3) is 5.91 Å². The normalized spacial score (nSPS) is 20.4. The zero-order valence-corrected chi connectivity index (χ0v) is 16.4. The van der Waals surface area contributed by atoms with Crippen LogP contribution in [0, 0.1) is 11.7 Å². The van der Waals surface area contributed by atoms with Crippen LogP contribution in [0.3, 0.4) is 0 Å². The van der Waals surface area contributed by atoms with Gasteiger partial charge < -0.3 is 14.7 Å². The van der Waals surface area contributed by atoms with Crippen molar-refractivity contribution in [3.63, 3.8) is 0 Å². The van der Waals surface area contributed by atoms with Crippen LogP contribution in [-0.4, -0.2) is 55.1 Å². The fourth-order valence-electron chi connectivity index (χ4n) is 4.18. The zero-order valence-electron chi connectivity index (χ0n) is 16.4. The quantitative estimate of drug-likeness (QED) is 0.816. The van der Waals surface area contributed by atoms with Gasteiger partial charge in [-0.2, -0.15) is 0 Å². The van der Waals surface area contributed by atoms with Gasteiger partial charge in [0.1, 0.15) is 11.5 Å². The molecular formula is C22H27FN4O. The van der Waals surface area contributed by atoms with Crippen molar-refractivity contribution >= 4 is 17.3 Å². The van der Waals surface area contributed by atoms with Crippen LogP contribution < -0.4 is 9.80 Å². The highest BCUT2D eigenvalue weighted by Gasteiger charge is 2.25. The second-order valence-corrected chi connectivity index (χ2v) is 7.82. The SMILES string of the molecule is CC1CCCN(c2ccnc(C(=O)N3CCN(c4ccccc4F)CC3)c2)C1. The van der Waals surface area contributed by atoms with Gasteiger partial charge in [0.15, 0.2) is 0 Å². The first-order chi connectivity index (χ1) is 13.6. The number of halogens is 1. The number of hydrogen-bond acceptors (Lipinski definition) is 4. The molecule has 2 fully saturated rings. The molecule has 3 heterocycles. The molecule has 1 aromatic carbocycles. The van der Waals surface area contributed by atoms with E-state index in [4.69, 9.17) is 0 Å². The Morgan fingerprint density at radius 3 is 2.61 bits per heavy atom. The molecule has 0 saturated carbocycles. The Morgan fingerprint density at radius 1 is 1.07 bits per heavy atom. The van der Waals surface area contributed by atoms with Crippen LogP contribution in [0.2, 0.25) is 0 Å². The molecule has 0 aliphatic carbocycles. The van der Waals surface area contributed by atoms with Gasteiger partial charge >= 0.3 is 0 Å². The molecule has 1 unspecified atom stereocenters. The first-order valence-electron chi connectivity index (χ1n) is 10.1. The van der Waals surface area contributed by atoms with Gasteiger partial charge in [-0.25, -0.2) is 4.39 Å². The summed E-state index contributed by atoms with van der Waals surface area (Å²) in [5.74, 6) is 0.417. The van der Waals surface area contributed by atoms with Gasteiger partial charge in [0.05, 0.1) is 5.69 Å². The van der Waals surface area contributed by atoms with Crippen LogP contribution in [0.5, 0.6) is 0 Å². The molecule has 0 spiro atoms. The molecule has 6 heteroatoms. The van der Waals surface area contributed by atoms with Gasteiger partial charge in [-0.1, -0.05) is 19.1 Å². The molecule has 4 rings (SSSR count). The number of para-hydroxylation sites is 1. The number of rotatable bonds is 3. The largest absolute Gasteiger partial charge is 0.371 e. The molecule has 5 nitrogen and oxygen atoms in total. The number of nitrogens with zero attached hydrogens (tertiary/aromatic N) is 4. The van der Waals surface area contributed by atoms with E-state index >= 15 is 0 Å². The van der Waals surface area contributed by atoms with E-state index in [-0.39, 0.29) is 11.7 Å². The number of benzene rings is 1. The van der Waals surface area contributed by atoms with Crippen molar-refractivity contribution in [2.75, 3.05) is 49.1 Å². The average Bonchev–Trinajstić information content (AvgIpc) is 2.74. The number of piperidine rings is 1. The lowest BCUT2D eigenvalue weighted by atomic mass is 10.00. The molecule has 2 aromatic rings. The summed E-state index contributed by atoms with van der Waals surface area (Å²) < 4.78 is 14.0.